The molecule has 1 atom stereocenters. The van der Waals surface area contributed by atoms with Crippen LogP contribution in [0.1, 0.15) is 27.0 Å². The Hall–Kier alpha value is -2.93. The van der Waals surface area contributed by atoms with Gasteiger partial charge in [0.25, 0.3) is 5.91 Å². The highest BCUT2D eigenvalue weighted by molar-refractivity contribution is 6.03. The van der Waals surface area contributed by atoms with Gasteiger partial charge in [0.05, 0.1) is 39.6 Å². The zero-order chi connectivity index (χ0) is 19.1. The van der Waals surface area contributed by atoms with Gasteiger partial charge in [0, 0.05) is 11.6 Å². The summed E-state index contributed by atoms with van der Waals surface area (Å²) in [6, 6.07) is 6.72. The summed E-state index contributed by atoms with van der Waals surface area (Å²) in [4.78, 5) is 12.6. The molecule has 1 unspecified atom stereocenters. The molecule has 138 valence electrons. The van der Waals surface area contributed by atoms with Crippen molar-refractivity contribution in [2.75, 3.05) is 28.4 Å². The molecule has 0 saturated heterocycles. The first-order chi connectivity index (χ1) is 12.4. The third-order valence-electron chi connectivity index (χ3n) is 4.46. The minimum Gasteiger partial charge on any atom is -0.497 e. The maximum atomic E-state index is 12.6. The number of nitrogens with one attached hydrogen (secondary N) is 1. The molecule has 1 aliphatic rings. The number of hydrogen-bond donors (Lipinski definition) is 2. The number of carbonyl (C=O) groups excluding carboxylic acids is 1. The fraction of sp³-hybridized carbons (Fsp3) is 0.316. The topological polar surface area (TPSA) is 86.2 Å². The van der Waals surface area contributed by atoms with Crippen LogP contribution in [0.4, 0.5) is 0 Å². The van der Waals surface area contributed by atoms with E-state index in [0.717, 1.165) is 5.56 Å². The lowest BCUT2D eigenvalue weighted by Gasteiger charge is -2.28. The molecule has 0 spiro atoms. The molecular formula is C19H21NO6. The molecule has 7 heteroatoms. The third kappa shape index (κ3) is 2.52. The van der Waals surface area contributed by atoms with E-state index in [1.807, 2.05) is 6.92 Å². The van der Waals surface area contributed by atoms with Gasteiger partial charge in [-0.05, 0) is 30.7 Å². The first kappa shape index (κ1) is 17.9. The standard InChI is InChI=1S/C19H21NO6/c1-10-6-13(17(26-5)15(7-10)25-4)19(22)12-8-11(23-2)9-14(24-3)16(12)18(21)20-19/h6-9,22H,1-5H3,(H,20,21). The van der Waals surface area contributed by atoms with Crippen LogP contribution in [0.25, 0.3) is 0 Å². The summed E-state index contributed by atoms with van der Waals surface area (Å²) >= 11 is 0. The van der Waals surface area contributed by atoms with Crippen molar-refractivity contribution < 1.29 is 28.8 Å². The van der Waals surface area contributed by atoms with Gasteiger partial charge in [-0.15, -0.1) is 0 Å². The third-order valence-corrected chi connectivity index (χ3v) is 4.46. The highest BCUT2D eigenvalue weighted by Gasteiger charge is 2.47. The van der Waals surface area contributed by atoms with Gasteiger partial charge in [0.15, 0.2) is 17.2 Å². The van der Waals surface area contributed by atoms with Crippen molar-refractivity contribution in [3.8, 4) is 23.0 Å². The second-order valence-corrected chi connectivity index (χ2v) is 5.96. The van der Waals surface area contributed by atoms with Crippen LogP contribution in [0.3, 0.4) is 0 Å². The molecule has 26 heavy (non-hydrogen) atoms. The van der Waals surface area contributed by atoms with Crippen LogP contribution in [-0.2, 0) is 5.72 Å². The summed E-state index contributed by atoms with van der Waals surface area (Å²) < 4.78 is 21.4. The molecule has 3 rings (SSSR count). The maximum absolute atomic E-state index is 12.6. The minimum atomic E-state index is -1.82. The molecule has 2 N–H and O–H groups in total. The molecule has 1 amide bonds. The molecular weight excluding hydrogens is 338 g/mol. The molecule has 0 aromatic heterocycles. The monoisotopic (exact) mass is 359 g/mol. The summed E-state index contributed by atoms with van der Waals surface area (Å²) in [7, 11) is 5.94. The normalized spacial score (nSPS) is 18.2. The summed E-state index contributed by atoms with van der Waals surface area (Å²) in [6.07, 6.45) is 0. The fourth-order valence-electron chi connectivity index (χ4n) is 3.27. The lowest BCUT2D eigenvalue weighted by molar-refractivity contribution is 0.0454. The number of ether oxygens (including phenoxy) is 4. The van der Waals surface area contributed by atoms with Crippen LogP contribution in [0.2, 0.25) is 0 Å². The number of carbonyl (C=O) groups is 1. The first-order valence-corrected chi connectivity index (χ1v) is 7.94. The SMILES string of the molecule is COc1cc(OC)c2c(c1)C(O)(c1cc(C)cc(OC)c1OC)NC2=O. The average Bonchev–Trinajstić information content (AvgIpc) is 2.91. The number of hydrogen-bond acceptors (Lipinski definition) is 6. The average molecular weight is 359 g/mol. The molecule has 2 aromatic carbocycles. The highest BCUT2D eigenvalue weighted by atomic mass is 16.5. The van der Waals surface area contributed by atoms with Crippen LogP contribution in [-0.4, -0.2) is 39.5 Å². The van der Waals surface area contributed by atoms with E-state index in [4.69, 9.17) is 18.9 Å². The number of aliphatic hydroxyl groups is 1. The van der Waals surface area contributed by atoms with Crippen LogP contribution in [0.5, 0.6) is 23.0 Å². The van der Waals surface area contributed by atoms with Crippen molar-refractivity contribution >= 4 is 5.91 Å². The van der Waals surface area contributed by atoms with Gasteiger partial charge in [0.1, 0.15) is 11.5 Å². The number of rotatable bonds is 5. The largest absolute Gasteiger partial charge is 0.497 e. The van der Waals surface area contributed by atoms with Crippen LogP contribution >= 0.6 is 0 Å². The zero-order valence-corrected chi connectivity index (χ0v) is 15.3. The molecule has 0 aliphatic carbocycles. The first-order valence-electron chi connectivity index (χ1n) is 7.94. The Balaban J connectivity index is 2.33. The molecule has 0 fully saturated rings. The van der Waals surface area contributed by atoms with Crippen LogP contribution < -0.4 is 24.3 Å². The molecule has 1 aliphatic heterocycles. The van der Waals surface area contributed by atoms with E-state index in [-0.39, 0.29) is 5.56 Å². The summed E-state index contributed by atoms with van der Waals surface area (Å²) in [6.45, 7) is 1.86. The van der Waals surface area contributed by atoms with Crippen molar-refractivity contribution in [1.29, 1.82) is 0 Å². The lowest BCUT2D eigenvalue weighted by atomic mass is 9.91. The molecule has 0 saturated carbocycles. The van der Waals surface area contributed by atoms with Crippen LogP contribution in [0, 0.1) is 6.92 Å². The van der Waals surface area contributed by atoms with E-state index in [1.165, 1.54) is 28.4 Å². The van der Waals surface area contributed by atoms with E-state index in [1.54, 1.807) is 24.3 Å². The zero-order valence-electron chi connectivity index (χ0n) is 15.3. The van der Waals surface area contributed by atoms with Gasteiger partial charge < -0.3 is 29.4 Å². The van der Waals surface area contributed by atoms with Crippen molar-refractivity contribution in [2.45, 2.75) is 12.6 Å². The van der Waals surface area contributed by atoms with Crippen molar-refractivity contribution in [3.05, 3.63) is 46.5 Å². The number of aryl methyl sites for hydroxylation is 1. The van der Waals surface area contributed by atoms with Crippen LogP contribution in [0.15, 0.2) is 24.3 Å². The van der Waals surface area contributed by atoms with Gasteiger partial charge in [-0.25, -0.2) is 0 Å². The molecule has 2 aromatic rings. The second-order valence-electron chi connectivity index (χ2n) is 5.96. The molecule has 0 bridgehead atoms. The van der Waals surface area contributed by atoms with Gasteiger partial charge in [-0.1, -0.05) is 0 Å². The predicted octanol–water partition coefficient (Wildman–Crippen LogP) is 1.97. The van der Waals surface area contributed by atoms with Gasteiger partial charge in [-0.2, -0.15) is 0 Å². The van der Waals surface area contributed by atoms with E-state index >= 15 is 0 Å². The smallest absolute Gasteiger partial charge is 0.258 e. The molecule has 0 radical (unpaired) electrons. The molecule has 7 nitrogen and oxygen atoms in total. The summed E-state index contributed by atoms with van der Waals surface area (Å²) in [5.74, 6) is 1.09. The quantitative estimate of drug-likeness (QED) is 0.849. The summed E-state index contributed by atoms with van der Waals surface area (Å²) in [5, 5.41) is 14.1. The predicted molar refractivity (Wildman–Crippen MR) is 94.3 cm³/mol. The number of fused-ring (bicyclic) bond motifs is 1. The minimum absolute atomic E-state index is 0.248. The Morgan fingerprint density at radius 1 is 0.885 bits per heavy atom. The second kappa shape index (κ2) is 6.42. The van der Waals surface area contributed by atoms with Gasteiger partial charge >= 0.3 is 0 Å². The van der Waals surface area contributed by atoms with E-state index in [0.29, 0.717) is 34.1 Å². The Morgan fingerprint density at radius 3 is 2.15 bits per heavy atom. The van der Waals surface area contributed by atoms with E-state index in [2.05, 4.69) is 5.32 Å². The Labute approximate surface area is 151 Å². The number of benzene rings is 2. The van der Waals surface area contributed by atoms with E-state index < -0.39 is 11.6 Å². The lowest BCUT2D eigenvalue weighted by Crippen LogP contribution is -2.40. The summed E-state index contributed by atoms with van der Waals surface area (Å²) in [5.41, 5.74) is -0.0512. The Bertz CT molecular complexity index is 879. The van der Waals surface area contributed by atoms with Crippen molar-refractivity contribution in [1.82, 2.24) is 5.32 Å². The fourth-order valence-corrected chi connectivity index (χ4v) is 3.27. The Morgan fingerprint density at radius 2 is 1.58 bits per heavy atom. The van der Waals surface area contributed by atoms with Crippen molar-refractivity contribution in [2.24, 2.45) is 0 Å². The van der Waals surface area contributed by atoms with Gasteiger partial charge in [0.2, 0.25) is 0 Å². The number of methoxy groups -OCH3 is 4. The highest BCUT2D eigenvalue weighted by Crippen LogP contribution is 2.46. The molecule has 1 heterocycles. The van der Waals surface area contributed by atoms with Crippen molar-refractivity contribution in [3.63, 3.8) is 0 Å². The number of amides is 1. The van der Waals surface area contributed by atoms with E-state index in [9.17, 15) is 9.90 Å². The maximum Gasteiger partial charge on any atom is 0.258 e. The Kier molecular flexibility index (Phi) is 4.41. The van der Waals surface area contributed by atoms with Gasteiger partial charge in [-0.3, -0.25) is 4.79 Å².